The quantitative estimate of drug-likeness (QED) is 0.488. The van der Waals surface area contributed by atoms with Crippen molar-refractivity contribution in [1.29, 1.82) is 0 Å². The van der Waals surface area contributed by atoms with E-state index in [1.54, 1.807) is 11.3 Å². The Balaban J connectivity index is 2.43. The maximum atomic E-state index is 6.50. The van der Waals surface area contributed by atoms with Crippen molar-refractivity contribution in [2.24, 2.45) is 0 Å². The van der Waals surface area contributed by atoms with Gasteiger partial charge in [-0.3, -0.25) is 0 Å². The summed E-state index contributed by atoms with van der Waals surface area (Å²) in [6.07, 6.45) is 0. The highest BCUT2D eigenvalue weighted by Crippen LogP contribution is 2.41. The molecule has 1 unspecified atom stereocenters. The fraction of sp³-hybridized carbons (Fsp3) is 0.167. The van der Waals surface area contributed by atoms with Gasteiger partial charge in [0, 0.05) is 9.35 Å². The monoisotopic (exact) mass is 412 g/mol. The summed E-state index contributed by atoms with van der Waals surface area (Å²) in [6, 6.07) is 7.96. The van der Waals surface area contributed by atoms with Gasteiger partial charge in [-0.1, -0.05) is 39.7 Å². The first-order chi connectivity index (χ1) is 8.00. The third-order valence-corrected chi connectivity index (χ3v) is 6.49. The van der Waals surface area contributed by atoms with Crippen molar-refractivity contribution >= 4 is 66.4 Å². The van der Waals surface area contributed by atoms with Crippen LogP contribution in [0.5, 0.6) is 0 Å². The van der Waals surface area contributed by atoms with Crippen LogP contribution in [0.4, 0.5) is 0 Å². The van der Waals surface area contributed by atoms with E-state index in [1.807, 2.05) is 24.3 Å². The van der Waals surface area contributed by atoms with Crippen molar-refractivity contribution in [2.45, 2.75) is 12.3 Å². The van der Waals surface area contributed by atoms with Crippen LogP contribution in [0, 0.1) is 6.92 Å². The van der Waals surface area contributed by atoms with Crippen molar-refractivity contribution in [1.82, 2.24) is 0 Å². The number of hydrogen-bond donors (Lipinski definition) is 0. The Kier molecular flexibility index (Phi) is 4.59. The fourth-order valence-electron chi connectivity index (χ4n) is 1.54. The first kappa shape index (κ1) is 13.9. The summed E-state index contributed by atoms with van der Waals surface area (Å²) in [5, 5.41) is 0.546. The van der Waals surface area contributed by atoms with Gasteiger partial charge in [-0.05, 0) is 46.1 Å². The van der Waals surface area contributed by atoms with Gasteiger partial charge < -0.3 is 0 Å². The van der Waals surface area contributed by atoms with Gasteiger partial charge in [-0.2, -0.15) is 0 Å². The van der Waals surface area contributed by atoms with E-state index >= 15 is 0 Å². The van der Waals surface area contributed by atoms with Gasteiger partial charge in [-0.25, -0.2) is 0 Å². The number of benzene rings is 1. The molecule has 0 nitrogen and oxygen atoms in total. The smallest absolute Gasteiger partial charge is 0.0931 e. The molecule has 17 heavy (non-hydrogen) atoms. The summed E-state index contributed by atoms with van der Waals surface area (Å²) in [5.74, 6) is 0. The van der Waals surface area contributed by atoms with Gasteiger partial charge in [0.15, 0.2) is 0 Å². The second kappa shape index (κ2) is 5.62. The largest absolute Gasteiger partial charge is 0.130 e. The molecule has 0 aliphatic carbocycles. The third kappa shape index (κ3) is 2.90. The molecule has 0 bridgehead atoms. The molecule has 0 radical (unpaired) electrons. The van der Waals surface area contributed by atoms with Crippen LogP contribution in [0.15, 0.2) is 32.5 Å². The molecule has 1 atom stereocenters. The van der Waals surface area contributed by atoms with Crippen LogP contribution < -0.4 is 0 Å². The first-order valence-corrected chi connectivity index (χ1v) is 8.06. The molecule has 0 aliphatic heterocycles. The van der Waals surface area contributed by atoms with Crippen LogP contribution in [0.25, 0.3) is 0 Å². The highest BCUT2D eigenvalue weighted by molar-refractivity contribution is 9.11. The number of rotatable bonds is 2. The minimum atomic E-state index is -0.165. The minimum Gasteiger partial charge on any atom is -0.130 e. The van der Waals surface area contributed by atoms with E-state index in [0.29, 0.717) is 5.02 Å². The Morgan fingerprint density at radius 2 is 2.00 bits per heavy atom. The van der Waals surface area contributed by atoms with Crippen LogP contribution in [-0.2, 0) is 0 Å². The lowest BCUT2D eigenvalue weighted by molar-refractivity contribution is 1.14. The number of hydrogen-bond acceptors (Lipinski definition) is 1. The zero-order valence-electron chi connectivity index (χ0n) is 8.81. The molecular formula is C12H8Br2Cl2S. The van der Waals surface area contributed by atoms with E-state index in [4.69, 9.17) is 23.2 Å². The SMILES string of the molecule is Cc1c(Br)cccc1C(Cl)c1cc(Cl)c(Br)s1. The van der Waals surface area contributed by atoms with Crippen molar-refractivity contribution in [3.8, 4) is 0 Å². The summed E-state index contributed by atoms with van der Waals surface area (Å²) in [5.41, 5.74) is 2.26. The van der Waals surface area contributed by atoms with E-state index in [0.717, 1.165) is 24.3 Å². The van der Waals surface area contributed by atoms with Crippen molar-refractivity contribution < 1.29 is 0 Å². The summed E-state index contributed by atoms with van der Waals surface area (Å²) < 4.78 is 2.00. The average Bonchev–Trinajstić information content (AvgIpc) is 2.62. The first-order valence-electron chi connectivity index (χ1n) is 4.84. The Bertz CT molecular complexity index is 532. The predicted molar refractivity (Wildman–Crippen MR) is 83.6 cm³/mol. The molecule has 0 N–H and O–H groups in total. The number of halogens is 4. The zero-order chi connectivity index (χ0) is 12.6. The van der Waals surface area contributed by atoms with Gasteiger partial charge in [0.05, 0.1) is 14.2 Å². The van der Waals surface area contributed by atoms with Gasteiger partial charge >= 0.3 is 0 Å². The molecule has 5 heteroatoms. The fourth-order valence-corrected chi connectivity index (χ4v) is 4.10. The Hall–Kier alpha value is 0.460. The Labute approximate surface area is 131 Å². The molecule has 1 aromatic carbocycles. The lowest BCUT2D eigenvalue weighted by atomic mass is 10.0. The molecule has 2 rings (SSSR count). The maximum absolute atomic E-state index is 6.50. The number of thiophene rings is 1. The highest BCUT2D eigenvalue weighted by atomic mass is 79.9. The van der Waals surface area contributed by atoms with Crippen LogP contribution in [-0.4, -0.2) is 0 Å². The lowest BCUT2D eigenvalue weighted by Gasteiger charge is -2.12. The summed E-state index contributed by atoms with van der Waals surface area (Å²) in [4.78, 5) is 1.05. The summed E-state index contributed by atoms with van der Waals surface area (Å²) >= 11 is 21.0. The van der Waals surface area contributed by atoms with Crippen LogP contribution in [0.1, 0.15) is 21.4 Å². The minimum absolute atomic E-state index is 0.165. The van der Waals surface area contributed by atoms with Crippen molar-refractivity contribution in [3.63, 3.8) is 0 Å². The average molecular weight is 415 g/mol. The van der Waals surface area contributed by atoms with Gasteiger partial charge in [0.25, 0.3) is 0 Å². The number of alkyl halides is 1. The topological polar surface area (TPSA) is 0 Å². The normalized spacial score (nSPS) is 12.8. The molecule has 0 spiro atoms. The van der Waals surface area contributed by atoms with Crippen LogP contribution >= 0.6 is 66.4 Å². The molecule has 0 saturated carbocycles. The molecule has 2 aromatic rings. The van der Waals surface area contributed by atoms with Gasteiger partial charge in [0.2, 0.25) is 0 Å². The molecule has 90 valence electrons. The lowest BCUT2D eigenvalue weighted by Crippen LogP contribution is -1.94. The molecule has 0 aliphatic rings. The van der Waals surface area contributed by atoms with E-state index in [9.17, 15) is 0 Å². The van der Waals surface area contributed by atoms with Crippen molar-refractivity contribution in [3.05, 3.63) is 53.6 Å². The van der Waals surface area contributed by atoms with E-state index in [-0.39, 0.29) is 5.38 Å². The highest BCUT2D eigenvalue weighted by Gasteiger charge is 2.18. The Morgan fingerprint density at radius 3 is 2.59 bits per heavy atom. The molecule has 1 heterocycles. The summed E-state index contributed by atoms with van der Waals surface area (Å²) in [6.45, 7) is 2.05. The van der Waals surface area contributed by atoms with E-state index in [2.05, 4.69) is 38.8 Å². The molecule has 1 aromatic heterocycles. The van der Waals surface area contributed by atoms with Crippen LogP contribution in [0.2, 0.25) is 5.02 Å². The molecule has 0 fully saturated rings. The Morgan fingerprint density at radius 1 is 1.29 bits per heavy atom. The van der Waals surface area contributed by atoms with Crippen molar-refractivity contribution in [2.75, 3.05) is 0 Å². The van der Waals surface area contributed by atoms with Gasteiger partial charge in [-0.15, -0.1) is 22.9 Å². The second-order valence-electron chi connectivity index (χ2n) is 3.59. The second-order valence-corrected chi connectivity index (χ2v) is 7.69. The molecule has 0 saturated heterocycles. The van der Waals surface area contributed by atoms with E-state index in [1.165, 1.54) is 0 Å². The maximum Gasteiger partial charge on any atom is 0.0931 e. The predicted octanol–water partition coefficient (Wildman–Crippen LogP) is 6.56. The van der Waals surface area contributed by atoms with Crippen LogP contribution in [0.3, 0.4) is 0 Å². The molecule has 0 amide bonds. The molecular weight excluding hydrogens is 407 g/mol. The van der Waals surface area contributed by atoms with E-state index < -0.39 is 0 Å². The summed E-state index contributed by atoms with van der Waals surface area (Å²) in [7, 11) is 0. The zero-order valence-corrected chi connectivity index (χ0v) is 14.3. The van der Waals surface area contributed by atoms with Gasteiger partial charge in [0.1, 0.15) is 0 Å². The third-order valence-electron chi connectivity index (χ3n) is 2.50. The standard InChI is InChI=1S/C12H8Br2Cl2S/c1-6-7(3-2-4-8(6)13)11(16)10-5-9(15)12(14)17-10/h2-5,11H,1H3.